The normalized spacial score (nSPS) is 11.9. The summed E-state index contributed by atoms with van der Waals surface area (Å²) in [5.41, 5.74) is 0. The van der Waals surface area contributed by atoms with Gasteiger partial charge in [-0.25, -0.2) is 4.79 Å². The molecule has 7 heteroatoms. The van der Waals surface area contributed by atoms with Gasteiger partial charge in [0.25, 0.3) is 0 Å². The summed E-state index contributed by atoms with van der Waals surface area (Å²) in [5.74, 6) is -0.156. The average molecular weight is 265 g/mol. The molecule has 0 saturated heterocycles. The second kappa shape index (κ2) is 5.90. The van der Waals surface area contributed by atoms with E-state index < -0.39 is 18.6 Å². The Kier molecular flexibility index (Phi) is 4.77. The van der Waals surface area contributed by atoms with Crippen molar-refractivity contribution in [2.75, 3.05) is 20.7 Å². The number of alkyl halides is 3. The number of hydrogen-bond acceptors (Lipinski definition) is 4. The molecule has 0 fully saturated rings. The van der Waals surface area contributed by atoms with E-state index in [2.05, 4.69) is 4.74 Å². The van der Waals surface area contributed by atoms with Crippen molar-refractivity contribution in [2.24, 2.45) is 0 Å². The summed E-state index contributed by atoms with van der Waals surface area (Å²) < 4.78 is 45.6. The van der Waals surface area contributed by atoms with Crippen molar-refractivity contribution < 1.29 is 27.1 Å². The summed E-state index contributed by atoms with van der Waals surface area (Å²) in [5, 5.41) is 0. The van der Waals surface area contributed by atoms with E-state index in [1.807, 2.05) is 0 Å². The molecule has 0 unspecified atom stereocenters. The SMILES string of the molecule is COC(=O)c1ccc(CN(C)CCC(F)(F)F)o1. The second-order valence-corrected chi connectivity index (χ2v) is 3.86. The summed E-state index contributed by atoms with van der Waals surface area (Å²) in [6.07, 6.45) is -5.05. The Morgan fingerprint density at radius 3 is 2.67 bits per heavy atom. The van der Waals surface area contributed by atoms with Crippen molar-refractivity contribution in [3.8, 4) is 0 Å². The molecule has 4 nitrogen and oxygen atoms in total. The summed E-state index contributed by atoms with van der Waals surface area (Å²) in [7, 11) is 2.77. The van der Waals surface area contributed by atoms with Gasteiger partial charge in [-0.3, -0.25) is 4.90 Å². The van der Waals surface area contributed by atoms with E-state index in [0.29, 0.717) is 5.76 Å². The fraction of sp³-hybridized carbons (Fsp3) is 0.545. The second-order valence-electron chi connectivity index (χ2n) is 3.86. The highest BCUT2D eigenvalue weighted by Gasteiger charge is 2.27. The zero-order chi connectivity index (χ0) is 13.8. The number of rotatable bonds is 5. The van der Waals surface area contributed by atoms with Crippen LogP contribution in [0.1, 0.15) is 22.7 Å². The minimum Gasteiger partial charge on any atom is -0.463 e. The Labute approximate surface area is 102 Å². The van der Waals surface area contributed by atoms with Crippen LogP contribution in [-0.4, -0.2) is 37.7 Å². The van der Waals surface area contributed by atoms with E-state index in [9.17, 15) is 18.0 Å². The van der Waals surface area contributed by atoms with Gasteiger partial charge in [-0.15, -0.1) is 0 Å². The first-order valence-electron chi connectivity index (χ1n) is 5.24. The number of carbonyl (C=O) groups excluding carboxylic acids is 1. The fourth-order valence-electron chi connectivity index (χ4n) is 1.34. The molecule has 1 aromatic heterocycles. The Bertz CT molecular complexity index is 400. The maximum atomic E-state index is 12.0. The Balaban J connectivity index is 2.47. The summed E-state index contributed by atoms with van der Waals surface area (Å²) >= 11 is 0. The smallest absolute Gasteiger partial charge is 0.390 e. The van der Waals surface area contributed by atoms with Gasteiger partial charge in [0.05, 0.1) is 20.1 Å². The molecule has 1 rings (SSSR count). The highest BCUT2D eigenvalue weighted by molar-refractivity contribution is 5.86. The summed E-state index contributed by atoms with van der Waals surface area (Å²) in [6, 6.07) is 2.97. The van der Waals surface area contributed by atoms with Crippen molar-refractivity contribution in [1.82, 2.24) is 4.90 Å². The summed E-state index contributed by atoms with van der Waals surface area (Å²) in [6.45, 7) is 0.0742. The van der Waals surface area contributed by atoms with Crippen LogP contribution in [0.3, 0.4) is 0 Å². The van der Waals surface area contributed by atoms with E-state index in [0.717, 1.165) is 0 Å². The number of methoxy groups -OCH3 is 1. The van der Waals surface area contributed by atoms with E-state index in [1.165, 1.54) is 24.1 Å². The molecular formula is C11H14F3NO3. The number of hydrogen-bond donors (Lipinski definition) is 0. The van der Waals surface area contributed by atoms with Crippen LogP contribution < -0.4 is 0 Å². The van der Waals surface area contributed by atoms with E-state index in [4.69, 9.17) is 4.42 Å². The third-order valence-electron chi connectivity index (χ3n) is 2.25. The average Bonchev–Trinajstić information content (AvgIpc) is 2.73. The molecule has 0 bridgehead atoms. The van der Waals surface area contributed by atoms with Crippen molar-refractivity contribution in [2.45, 2.75) is 19.1 Å². The first-order valence-corrected chi connectivity index (χ1v) is 5.24. The van der Waals surface area contributed by atoms with Gasteiger partial charge >= 0.3 is 12.1 Å². The standard InChI is InChI=1S/C11H14F3NO3/c1-15(6-5-11(12,13)14)7-8-3-4-9(18-8)10(16)17-2/h3-4H,5-7H2,1-2H3. The van der Waals surface area contributed by atoms with Crippen molar-refractivity contribution in [3.63, 3.8) is 0 Å². The zero-order valence-corrected chi connectivity index (χ0v) is 10.1. The minimum absolute atomic E-state index is 0.0386. The molecule has 1 aromatic rings. The van der Waals surface area contributed by atoms with Crippen LogP contribution in [0.15, 0.2) is 16.5 Å². The first-order chi connectivity index (χ1) is 8.31. The molecule has 0 radical (unpaired) electrons. The van der Waals surface area contributed by atoms with Crippen molar-refractivity contribution in [3.05, 3.63) is 23.7 Å². The minimum atomic E-state index is -4.17. The van der Waals surface area contributed by atoms with Crippen LogP contribution in [0.5, 0.6) is 0 Å². The monoisotopic (exact) mass is 265 g/mol. The molecule has 0 aromatic carbocycles. The molecule has 102 valence electrons. The van der Waals surface area contributed by atoms with Gasteiger partial charge in [0.2, 0.25) is 5.76 Å². The van der Waals surface area contributed by atoms with Crippen LogP contribution in [0.2, 0.25) is 0 Å². The summed E-state index contributed by atoms with van der Waals surface area (Å²) in [4.78, 5) is 12.6. The van der Waals surface area contributed by atoms with Gasteiger partial charge in [0, 0.05) is 6.54 Å². The molecule has 0 aliphatic carbocycles. The lowest BCUT2D eigenvalue weighted by Gasteiger charge is -2.16. The number of halogens is 3. The number of carbonyl (C=O) groups is 1. The van der Waals surface area contributed by atoms with E-state index in [1.54, 1.807) is 7.05 Å². The van der Waals surface area contributed by atoms with Gasteiger partial charge in [0.15, 0.2) is 0 Å². The van der Waals surface area contributed by atoms with Crippen LogP contribution >= 0.6 is 0 Å². The van der Waals surface area contributed by atoms with Gasteiger partial charge < -0.3 is 9.15 Å². The predicted octanol–water partition coefficient (Wildman–Crippen LogP) is 2.45. The number of furan rings is 1. The lowest BCUT2D eigenvalue weighted by atomic mass is 10.3. The fourth-order valence-corrected chi connectivity index (χ4v) is 1.34. The molecule has 0 atom stereocenters. The lowest BCUT2D eigenvalue weighted by molar-refractivity contribution is -0.137. The first kappa shape index (κ1) is 14.6. The van der Waals surface area contributed by atoms with Crippen LogP contribution in [0.4, 0.5) is 13.2 Å². The molecule has 0 spiro atoms. The molecule has 0 aliphatic rings. The van der Waals surface area contributed by atoms with Gasteiger partial charge in [0.1, 0.15) is 5.76 Å². The highest BCUT2D eigenvalue weighted by atomic mass is 19.4. The predicted molar refractivity (Wildman–Crippen MR) is 57.1 cm³/mol. The van der Waals surface area contributed by atoms with E-state index in [-0.39, 0.29) is 18.8 Å². The number of esters is 1. The Morgan fingerprint density at radius 2 is 2.11 bits per heavy atom. The molecule has 18 heavy (non-hydrogen) atoms. The Morgan fingerprint density at radius 1 is 1.44 bits per heavy atom. The molecule has 0 N–H and O–H groups in total. The number of ether oxygens (including phenoxy) is 1. The van der Waals surface area contributed by atoms with E-state index >= 15 is 0 Å². The van der Waals surface area contributed by atoms with Crippen LogP contribution in [0.25, 0.3) is 0 Å². The third kappa shape index (κ3) is 4.79. The molecule has 1 heterocycles. The van der Waals surface area contributed by atoms with Crippen LogP contribution in [0, 0.1) is 0 Å². The van der Waals surface area contributed by atoms with Crippen molar-refractivity contribution in [1.29, 1.82) is 0 Å². The Hall–Kier alpha value is -1.50. The molecule has 0 aliphatic heterocycles. The lowest BCUT2D eigenvalue weighted by Crippen LogP contribution is -2.23. The maximum Gasteiger partial charge on any atom is 0.390 e. The molecule has 0 saturated carbocycles. The van der Waals surface area contributed by atoms with Gasteiger partial charge in [-0.1, -0.05) is 0 Å². The van der Waals surface area contributed by atoms with Crippen molar-refractivity contribution >= 4 is 5.97 Å². The van der Waals surface area contributed by atoms with Crippen LogP contribution in [-0.2, 0) is 11.3 Å². The van der Waals surface area contributed by atoms with Gasteiger partial charge in [-0.2, -0.15) is 13.2 Å². The topological polar surface area (TPSA) is 42.7 Å². The van der Waals surface area contributed by atoms with Gasteiger partial charge in [-0.05, 0) is 19.2 Å². The maximum absolute atomic E-state index is 12.0. The largest absolute Gasteiger partial charge is 0.463 e. The quantitative estimate of drug-likeness (QED) is 0.767. The molecular weight excluding hydrogens is 251 g/mol. The third-order valence-corrected chi connectivity index (χ3v) is 2.25. The zero-order valence-electron chi connectivity index (χ0n) is 10.1. The molecule has 0 amide bonds. The number of nitrogens with zero attached hydrogens (tertiary/aromatic N) is 1. The highest BCUT2D eigenvalue weighted by Crippen LogP contribution is 2.20.